The van der Waals surface area contributed by atoms with Gasteiger partial charge in [-0.25, -0.2) is 0 Å². The summed E-state index contributed by atoms with van der Waals surface area (Å²) in [6, 6.07) is 29.0. The summed E-state index contributed by atoms with van der Waals surface area (Å²) in [5, 5.41) is 14.6. The predicted octanol–water partition coefficient (Wildman–Crippen LogP) is 5.66. The van der Waals surface area contributed by atoms with E-state index in [-0.39, 0.29) is 5.57 Å². The lowest BCUT2D eigenvalue weighted by molar-refractivity contribution is -0.117. The highest BCUT2D eigenvalue weighted by molar-refractivity contribution is 6.01. The molecule has 0 unspecified atom stereocenters. The van der Waals surface area contributed by atoms with Gasteiger partial charge in [0.1, 0.15) is 24.0 Å². The number of nitrogens with one attached hydrogen (secondary N) is 1. The first-order chi connectivity index (χ1) is 17.6. The van der Waals surface area contributed by atoms with Crippen LogP contribution in [0.4, 0.5) is 0 Å². The second-order valence-corrected chi connectivity index (χ2v) is 8.08. The first-order valence-electron chi connectivity index (χ1n) is 11.4. The van der Waals surface area contributed by atoms with Crippen LogP contribution in [-0.4, -0.2) is 20.1 Å². The van der Waals surface area contributed by atoms with Crippen molar-refractivity contribution in [2.24, 2.45) is 0 Å². The summed E-state index contributed by atoms with van der Waals surface area (Å²) in [7, 11) is 3.15. The molecule has 4 aromatic rings. The first-order valence-corrected chi connectivity index (χ1v) is 11.4. The molecule has 1 N–H and O–H groups in total. The highest BCUT2D eigenvalue weighted by Crippen LogP contribution is 2.30. The Bertz CT molecular complexity index is 1440. The van der Waals surface area contributed by atoms with Gasteiger partial charge in [-0.2, -0.15) is 5.26 Å². The van der Waals surface area contributed by atoms with E-state index in [9.17, 15) is 10.1 Å². The van der Waals surface area contributed by atoms with Gasteiger partial charge in [0.25, 0.3) is 5.91 Å². The number of nitriles is 1. The van der Waals surface area contributed by atoms with Crippen molar-refractivity contribution in [1.29, 1.82) is 5.26 Å². The second-order valence-electron chi connectivity index (χ2n) is 8.08. The van der Waals surface area contributed by atoms with Crippen molar-refractivity contribution in [3.63, 3.8) is 0 Å². The molecule has 0 aliphatic heterocycles. The molecule has 0 fully saturated rings. The average Bonchev–Trinajstić information content (AvgIpc) is 2.93. The molecular formula is C30H26N2O4. The fourth-order valence-corrected chi connectivity index (χ4v) is 3.72. The van der Waals surface area contributed by atoms with Crippen LogP contribution in [-0.2, 0) is 17.9 Å². The number of amides is 1. The molecule has 0 spiro atoms. The molecule has 0 aromatic heterocycles. The molecule has 1 amide bonds. The van der Waals surface area contributed by atoms with Gasteiger partial charge in [0.15, 0.2) is 11.5 Å². The Morgan fingerprint density at radius 2 is 1.61 bits per heavy atom. The standard InChI is InChI=1S/C30H26N2O4/c1-34-27-12-8-21(9-13-27)19-32-30(33)26(18-31)15-22-10-14-28(29(17-22)35-2)36-20-23-7-11-24-5-3-4-6-25(24)16-23/h3-17H,19-20H2,1-2H3,(H,32,33)/b26-15-. The van der Waals surface area contributed by atoms with Gasteiger partial charge in [0.05, 0.1) is 14.2 Å². The zero-order chi connectivity index (χ0) is 25.3. The lowest BCUT2D eigenvalue weighted by Gasteiger charge is -2.12. The van der Waals surface area contributed by atoms with E-state index in [2.05, 4.69) is 29.6 Å². The van der Waals surface area contributed by atoms with E-state index in [4.69, 9.17) is 14.2 Å². The molecular weight excluding hydrogens is 452 g/mol. The Balaban J connectivity index is 1.42. The van der Waals surface area contributed by atoms with Gasteiger partial charge in [0.2, 0.25) is 0 Å². The second kappa shape index (κ2) is 11.6. The molecule has 0 radical (unpaired) electrons. The third kappa shape index (κ3) is 6.02. The monoisotopic (exact) mass is 478 g/mol. The number of methoxy groups -OCH3 is 2. The number of benzene rings is 4. The maximum absolute atomic E-state index is 12.6. The van der Waals surface area contributed by atoms with Gasteiger partial charge in [-0.05, 0) is 63.9 Å². The molecule has 0 aliphatic rings. The number of rotatable bonds is 9. The summed E-state index contributed by atoms with van der Waals surface area (Å²) in [5.41, 5.74) is 2.59. The van der Waals surface area contributed by atoms with Gasteiger partial charge in [-0.15, -0.1) is 0 Å². The molecule has 0 aliphatic carbocycles. The molecule has 0 saturated carbocycles. The number of hydrogen-bond donors (Lipinski definition) is 1. The van der Waals surface area contributed by atoms with E-state index in [1.807, 2.05) is 48.5 Å². The van der Waals surface area contributed by atoms with Crippen LogP contribution < -0.4 is 19.5 Å². The zero-order valence-electron chi connectivity index (χ0n) is 20.2. The smallest absolute Gasteiger partial charge is 0.262 e. The summed E-state index contributed by atoms with van der Waals surface area (Å²) < 4.78 is 16.6. The Morgan fingerprint density at radius 3 is 2.33 bits per heavy atom. The highest BCUT2D eigenvalue weighted by atomic mass is 16.5. The molecule has 0 atom stereocenters. The van der Waals surface area contributed by atoms with Crippen LogP contribution in [0.5, 0.6) is 17.2 Å². The highest BCUT2D eigenvalue weighted by Gasteiger charge is 2.11. The molecule has 0 heterocycles. The molecule has 0 bridgehead atoms. The SMILES string of the molecule is COc1ccc(CNC(=O)/C(C#N)=C\c2ccc(OCc3ccc4ccccc4c3)c(OC)c2)cc1. The maximum Gasteiger partial charge on any atom is 0.262 e. The van der Waals surface area contributed by atoms with Crippen molar-refractivity contribution in [3.8, 4) is 23.3 Å². The summed E-state index contributed by atoms with van der Waals surface area (Å²) >= 11 is 0. The minimum absolute atomic E-state index is 0.00426. The van der Waals surface area contributed by atoms with Crippen molar-refractivity contribution in [3.05, 3.63) is 107 Å². The van der Waals surface area contributed by atoms with Crippen LogP contribution in [0.2, 0.25) is 0 Å². The van der Waals surface area contributed by atoms with E-state index < -0.39 is 5.91 Å². The Labute approximate surface area is 210 Å². The number of carbonyl (C=O) groups is 1. The number of nitrogens with zero attached hydrogens (tertiary/aromatic N) is 1. The molecule has 4 rings (SSSR count). The first kappa shape index (κ1) is 24.4. The Morgan fingerprint density at radius 1 is 0.861 bits per heavy atom. The number of fused-ring (bicyclic) bond motifs is 1. The summed E-state index contributed by atoms with van der Waals surface area (Å²) in [5.74, 6) is 1.37. The lowest BCUT2D eigenvalue weighted by atomic mass is 10.1. The predicted molar refractivity (Wildman–Crippen MR) is 140 cm³/mol. The van der Waals surface area contributed by atoms with Gasteiger partial charge >= 0.3 is 0 Å². The Hall–Kier alpha value is -4.76. The normalized spacial score (nSPS) is 11.0. The summed E-state index contributed by atoms with van der Waals surface area (Å²) in [6.07, 6.45) is 1.53. The van der Waals surface area contributed by atoms with Crippen LogP contribution in [0.1, 0.15) is 16.7 Å². The van der Waals surface area contributed by atoms with Crippen molar-refractivity contribution < 1.29 is 19.0 Å². The van der Waals surface area contributed by atoms with E-state index in [0.717, 1.165) is 22.3 Å². The van der Waals surface area contributed by atoms with E-state index in [0.29, 0.717) is 30.2 Å². The van der Waals surface area contributed by atoms with Gasteiger partial charge in [-0.3, -0.25) is 4.79 Å². The van der Waals surface area contributed by atoms with Crippen molar-refractivity contribution in [1.82, 2.24) is 5.32 Å². The van der Waals surface area contributed by atoms with Crippen LogP contribution in [0, 0.1) is 11.3 Å². The van der Waals surface area contributed by atoms with E-state index >= 15 is 0 Å². The van der Waals surface area contributed by atoms with Gasteiger partial charge < -0.3 is 19.5 Å². The fourth-order valence-electron chi connectivity index (χ4n) is 3.72. The third-order valence-corrected chi connectivity index (χ3v) is 5.68. The summed E-state index contributed by atoms with van der Waals surface area (Å²) in [6.45, 7) is 0.681. The molecule has 6 heteroatoms. The average molecular weight is 479 g/mol. The van der Waals surface area contributed by atoms with Crippen molar-refractivity contribution in [2.75, 3.05) is 14.2 Å². The molecule has 6 nitrogen and oxygen atoms in total. The molecule has 36 heavy (non-hydrogen) atoms. The van der Waals surface area contributed by atoms with E-state index in [1.54, 1.807) is 32.4 Å². The molecule has 180 valence electrons. The van der Waals surface area contributed by atoms with Crippen LogP contribution in [0.15, 0.2) is 90.5 Å². The maximum atomic E-state index is 12.6. The Kier molecular flexibility index (Phi) is 7.84. The minimum atomic E-state index is -0.455. The lowest BCUT2D eigenvalue weighted by Crippen LogP contribution is -2.23. The van der Waals surface area contributed by atoms with Crippen molar-refractivity contribution >= 4 is 22.8 Å². The molecule has 4 aromatic carbocycles. The number of ether oxygens (including phenoxy) is 3. The van der Waals surface area contributed by atoms with Crippen molar-refractivity contribution in [2.45, 2.75) is 13.2 Å². The minimum Gasteiger partial charge on any atom is -0.497 e. The number of hydrogen-bond acceptors (Lipinski definition) is 5. The zero-order valence-corrected chi connectivity index (χ0v) is 20.2. The topological polar surface area (TPSA) is 80.6 Å². The summed E-state index contributed by atoms with van der Waals surface area (Å²) in [4.78, 5) is 12.6. The fraction of sp³-hybridized carbons (Fsp3) is 0.133. The van der Waals surface area contributed by atoms with E-state index in [1.165, 1.54) is 11.5 Å². The largest absolute Gasteiger partial charge is 0.497 e. The third-order valence-electron chi connectivity index (χ3n) is 5.68. The van der Waals surface area contributed by atoms with Crippen LogP contribution in [0.25, 0.3) is 16.8 Å². The number of carbonyl (C=O) groups excluding carboxylic acids is 1. The van der Waals surface area contributed by atoms with Gasteiger partial charge in [-0.1, -0.05) is 54.6 Å². The quantitative estimate of drug-likeness (QED) is 0.248. The molecule has 0 saturated heterocycles. The van der Waals surface area contributed by atoms with Crippen LogP contribution in [0.3, 0.4) is 0 Å². The van der Waals surface area contributed by atoms with Crippen LogP contribution >= 0.6 is 0 Å². The van der Waals surface area contributed by atoms with Gasteiger partial charge in [0, 0.05) is 6.54 Å².